The van der Waals surface area contributed by atoms with E-state index in [9.17, 15) is 14.4 Å². The fourth-order valence-electron chi connectivity index (χ4n) is 6.53. The summed E-state index contributed by atoms with van der Waals surface area (Å²) in [5.74, 6) is 0.803. The zero-order valence-electron chi connectivity index (χ0n) is 22.3. The second-order valence-corrected chi connectivity index (χ2v) is 11.6. The molecule has 37 heavy (non-hydrogen) atoms. The Morgan fingerprint density at radius 2 is 1.92 bits per heavy atom. The fourth-order valence-corrected chi connectivity index (χ4v) is 6.53. The van der Waals surface area contributed by atoms with Gasteiger partial charge in [-0.1, -0.05) is 0 Å². The van der Waals surface area contributed by atoms with Gasteiger partial charge >= 0.3 is 6.09 Å². The molecule has 2 atom stereocenters. The normalized spacial score (nSPS) is 28.5. The molecule has 1 aromatic rings. The predicted molar refractivity (Wildman–Crippen MR) is 136 cm³/mol. The highest BCUT2D eigenvalue weighted by molar-refractivity contribution is 5.96. The van der Waals surface area contributed by atoms with E-state index in [1.54, 1.807) is 12.3 Å². The van der Waals surface area contributed by atoms with Gasteiger partial charge in [-0.05, 0) is 83.6 Å². The van der Waals surface area contributed by atoms with E-state index in [4.69, 9.17) is 19.9 Å². The van der Waals surface area contributed by atoms with Crippen molar-refractivity contribution in [3.63, 3.8) is 0 Å². The van der Waals surface area contributed by atoms with Crippen molar-refractivity contribution in [3.8, 4) is 5.88 Å². The second kappa shape index (κ2) is 10.4. The third-order valence-electron chi connectivity index (χ3n) is 7.54. The topological polar surface area (TPSA) is 147 Å². The number of aromatic nitrogens is 2. The summed E-state index contributed by atoms with van der Waals surface area (Å²) in [6.45, 7) is 7.42. The highest BCUT2D eigenvalue weighted by Crippen LogP contribution is 2.57. The lowest BCUT2D eigenvalue weighted by atomic mass is 9.52. The Morgan fingerprint density at radius 3 is 2.51 bits per heavy atom. The van der Waals surface area contributed by atoms with E-state index in [1.165, 1.54) is 18.0 Å². The molecule has 4 fully saturated rings. The Hall–Kier alpha value is -3.08. The van der Waals surface area contributed by atoms with Gasteiger partial charge in [0.15, 0.2) is 0 Å². The minimum Gasteiger partial charge on any atom is -0.474 e. The van der Waals surface area contributed by atoms with E-state index >= 15 is 0 Å². The van der Waals surface area contributed by atoms with Crippen LogP contribution in [0, 0.1) is 17.8 Å². The predicted octanol–water partition coefficient (Wildman–Crippen LogP) is 2.45. The van der Waals surface area contributed by atoms with Crippen LogP contribution in [-0.2, 0) is 14.3 Å². The molecule has 0 radical (unpaired) electrons. The van der Waals surface area contributed by atoms with Gasteiger partial charge in [-0.2, -0.15) is 5.10 Å². The maximum atomic E-state index is 13.5. The first kappa shape index (κ1) is 27.0. The Morgan fingerprint density at radius 1 is 1.24 bits per heavy atom. The molecular formula is C26H39N5O6. The number of hydrogen-bond donors (Lipinski definition) is 3. The fraction of sp³-hybridized carbons (Fsp3) is 0.692. The van der Waals surface area contributed by atoms with Gasteiger partial charge in [0.25, 0.3) is 5.91 Å². The smallest absolute Gasteiger partial charge is 0.405 e. The molecule has 4 bridgehead atoms. The van der Waals surface area contributed by atoms with Crippen LogP contribution in [0.1, 0.15) is 70.2 Å². The standard InChI is InChI=1S/C26H39N5O6/c1-15(2)36-23-19(13-28-31(23)7-6-25(3,4)30-20(32)14-35-5)22(33)29-21-17-8-16-9-18(21)12-26(10-16,11-17)37-24(27)34/h6-7,13,15-18,21H,8-12,14H2,1-5H3,(H2,27,34)(H,29,33)(H,30,32). The van der Waals surface area contributed by atoms with E-state index in [0.29, 0.717) is 17.4 Å². The van der Waals surface area contributed by atoms with Gasteiger partial charge in [0, 0.05) is 19.4 Å². The van der Waals surface area contributed by atoms with Crippen molar-refractivity contribution in [2.75, 3.05) is 13.7 Å². The first-order chi connectivity index (χ1) is 17.4. The zero-order chi connectivity index (χ0) is 27.0. The minimum atomic E-state index is -0.722. The highest BCUT2D eigenvalue weighted by Gasteiger charge is 2.57. The number of nitrogens with two attached hydrogens (primary N) is 1. The molecule has 2 unspecified atom stereocenters. The lowest BCUT2D eigenvalue weighted by Gasteiger charge is -2.58. The number of nitrogens with zero attached hydrogens (tertiary/aromatic N) is 2. The van der Waals surface area contributed by atoms with Gasteiger partial charge in [0.2, 0.25) is 11.8 Å². The maximum absolute atomic E-state index is 13.5. The number of rotatable bonds is 10. The van der Waals surface area contributed by atoms with E-state index < -0.39 is 17.2 Å². The SMILES string of the molecule is COCC(=O)NC(C)(C)C=Cn1ncc(C(=O)NC2C3CC4CC2CC(OC(N)=O)(C4)C3)c1OC(C)C. The van der Waals surface area contributed by atoms with Crippen molar-refractivity contribution in [1.82, 2.24) is 20.4 Å². The Labute approximate surface area is 217 Å². The summed E-state index contributed by atoms with van der Waals surface area (Å²) >= 11 is 0. The molecule has 4 saturated carbocycles. The summed E-state index contributed by atoms with van der Waals surface area (Å²) in [4.78, 5) is 37.0. The largest absolute Gasteiger partial charge is 0.474 e. The molecule has 0 spiro atoms. The van der Waals surface area contributed by atoms with Crippen molar-refractivity contribution in [2.45, 2.75) is 83.1 Å². The molecule has 11 nitrogen and oxygen atoms in total. The van der Waals surface area contributed by atoms with Gasteiger partial charge in [-0.15, -0.1) is 0 Å². The van der Waals surface area contributed by atoms with E-state index in [-0.39, 0.29) is 42.4 Å². The van der Waals surface area contributed by atoms with Gasteiger partial charge in [0.1, 0.15) is 17.8 Å². The van der Waals surface area contributed by atoms with Crippen LogP contribution in [0.2, 0.25) is 0 Å². The third-order valence-corrected chi connectivity index (χ3v) is 7.54. The van der Waals surface area contributed by atoms with Crippen molar-refractivity contribution in [2.24, 2.45) is 23.5 Å². The third kappa shape index (κ3) is 6.08. The van der Waals surface area contributed by atoms with Gasteiger partial charge in [-0.25, -0.2) is 9.48 Å². The first-order valence-electron chi connectivity index (χ1n) is 12.9. The van der Waals surface area contributed by atoms with Crippen LogP contribution in [0.3, 0.4) is 0 Å². The van der Waals surface area contributed by atoms with Crippen LogP contribution >= 0.6 is 0 Å². The molecule has 1 heterocycles. The highest BCUT2D eigenvalue weighted by atomic mass is 16.6. The summed E-state index contributed by atoms with van der Waals surface area (Å²) in [6, 6.07) is -0.00521. The number of nitrogens with one attached hydrogen (secondary N) is 2. The molecule has 0 aliphatic heterocycles. The summed E-state index contributed by atoms with van der Waals surface area (Å²) in [5, 5.41) is 10.5. The van der Waals surface area contributed by atoms with E-state index in [0.717, 1.165) is 32.1 Å². The van der Waals surface area contributed by atoms with Crippen LogP contribution < -0.4 is 21.1 Å². The molecular weight excluding hydrogens is 478 g/mol. The average Bonchev–Trinajstić information content (AvgIpc) is 3.15. The van der Waals surface area contributed by atoms with Crippen LogP contribution in [0.4, 0.5) is 4.79 Å². The molecule has 4 aliphatic carbocycles. The van der Waals surface area contributed by atoms with Crippen LogP contribution in [0.25, 0.3) is 6.20 Å². The number of carbonyl (C=O) groups is 3. The number of primary amides is 1. The first-order valence-corrected chi connectivity index (χ1v) is 12.9. The molecule has 11 heteroatoms. The second-order valence-electron chi connectivity index (χ2n) is 11.6. The lowest BCUT2D eigenvalue weighted by molar-refractivity contribution is -0.137. The van der Waals surface area contributed by atoms with Crippen LogP contribution in [0.5, 0.6) is 5.88 Å². The molecule has 5 rings (SSSR count). The number of methoxy groups -OCH3 is 1. The molecule has 3 amide bonds. The van der Waals surface area contributed by atoms with Crippen LogP contribution in [-0.4, -0.2) is 64.7 Å². The molecule has 4 aliphatic rings. The summed E-state index contributed by atoms with van der Waals surface area (Å²) in [7, 11) is 1.46. The quantitative estimate of drug-likeness (QED) is 0.432. The Kier molecular flexibility index (Phi) is 7.55. The zero-order valence-corrected chi connectivity index (χ0v) is 22.3. The summed E-state index contributed by atoms with van der Waals surface area (Å²) in [6.07, 6.45) is 8.35. The summed E-state index contributed by atoms with van der Waals surface area (Å²) < 4.78 is 18.0. The maximum Gasteiger partial charge on any atom is 0.405 e. The summed E-state index contributed by atoms with van der Waals surface area (Å²) in [5.41, 5.74) is 4.54. The van der Waals surface area contributed by atoms with Crippen molar-refractivity contribution in [1.29, 1.82) is 0 Å². The number of hydrogen-bond acceptors (Lipinski definition) is 7. The lowest BCUT2D eigenvalue weighted by Crippen LogP contribution is -2.63. The molecule has 0 aromatic carbocycles. The van der Waals surface area contributed by atoms with Crippen molar-refractivity contribution in [3.05, 3.63) is 17.8 Å². The van der Waals surface area contributed by atoms with Gasteiger partial charge in [0.05, 0.1) is 17.8 Å². The minimum absolute atomic E-state index is 0.00521. The molecule has 0 saturated heterocycles. The number of carbonyl (C=O) groups excluding carboxylic acids is 3. The van der Waals surface area contributed by atoms with E-state index in [2.05, 4.69) is 15.7 Å². The van der Waals surface area contributed by atoms with Crippen molar-refractivity contribution < 1.29 is 28.6 Å². The van der Waals surface area contributed by atoms with Gasteiger partial charge in [-0.3, -0.25) is 9.59 Å². The molecule has 4 N–H and O–H groups in total. The molecule has 204 valence electrons. The average molecular weight is 518 g/mol. The van der Waals surface area contributed by atoms with Gasteiger partial charge < -0.3 is 30.6 Å². The van der Waals surface area contributed by atoms with E-state index in [1.807, 2.05) is 27.7 Å². The molecule has 1 aromatic heterocycles. The van der Waals surface area contributed by atoms with Crippen LogP contribution in [0.15, 0.2) is 12.3 Å². The number of ether oxygens (including phenoxy) is 3. The Bertz CT molecular complexity index is 1050. The monoisotopic (exact) mass is 517 g/mol. The Balaban J connectivity index is 1.50. The van der Waals surface area contributed by atoms with Crippen molar-refractivity contribution >= 4 is 24.1 Å². The number of amides is 3.